The first-order chi connectivity index (χ1) is 13.7. The zero-order valence-electron chi connectivity index (χ0n) is 15.4. The van der Waals surface area contributed by atoms with Gasteiger partial charge in [-0.3, -0.25) is 4.79 Å². The number of hydrogen-bond donors (Lipinski definition) is 1. The fourth-order valence-electron chi connectivity index (χ4n) is 4.33. The van der Waals surface area contributed by atoms with Crippen LogP contribution in [0.1, 0.15) is 64.8 Å². The molecule has 0 saturated carbocycles. The predicted molar refractivity (Wildman–Crippen MR) is 99.8 cm³/mol. The van der Waals surface area contributed by atoms with Crippen LogP contribution >= 0.6 is 0 Å². The predicted octanol–water partition coefficient (Wildman–Crippen LogP) is 3.69. The first kappa shape index (κ1) is 17.2. The second-order valence-corrected chi connectivity index (χ2v) is 7.47. The van der Waals surface area contributed by atoms with Crippen molar-refractivity contribution >= 4 is 5.91 Å². The quantitative estimate of drug-likeness (QED) is 0.752. The molecule has 1 N–H and O–H groups in total. The summed E-state index contributed by atoms with van der Waals surface area (Å²) < 4.78 is 21.3. The molecule has 0 radical (unpaired) electrons. The van der Waals surface area contributed by atoms with E-state index in [0.29, 0.717) is 11.4 Å². The van der Waals surface area contributed by atoms with Crippen LogP contribution in [0.2, 0.25) is 0 Å². The highest BCUT2D eigenvalue weighted by Crippen LogP contribution is 2.32. The lowest BCUT2D eigenvalue weighted by Crippen LogP contribution is -2.32. The lowest BCUT2D eigenvalue weighted by molar-refractivity contribution is 0.0922. The summed E-state index contributed by atoms with van der Waals surface area (Å²) in [5.74, 6) is 0.324. The highest BCUT2D eigenvalue weighted by Gasteiger charge is 2.30. The molecule has 28 heavy (non-hydrogen) atoms. The van der Waals surface area contributed by atoms with E-state index in [0.717, 1.165) is 67.5 Å². The molecule has 2 heterocycles. The van der Waals surface area contributed by atoms with Crippen molar-refractivity contribution in [3.05, 3.63) is 64.6 Å². The van der Waals surface area contributed by atoms with Gasteiger partial charge in [-0.05, 0) is 50.7 Å². The molecule has 0 bridgehead atoms. The van der Waals surface area contributed by atoms with Crippen LogP contribution in [0.3, 0.4) is 0 Å². The van der Waals surface area contributed by atoms with Gasteiger partial charge in [0, 0.05) is 23.2 Å². The number of para-hydroxylation sites is 1. The second-order valence-electron chi connectivity index (χ2n) is 7.47. The van der Waals surface area contributed by atoms with Gasteiger partial charge >= 0.3 is 0 Å². The number of benzene rings is 1. The number of carbonyl (C=O) groups excluding carboxylic acids is 1. The van der Waals surface area contributed by atoms with Gasteiger partial charge < -0.3 is 9.84 Å². The highest BCUT2D eigenvalue weighted by molar-refractivity contribution is 5.94. The first-order valence-corrected chi connectivity index (χ1v) is 9.82. The summed E-state index contributed by atoms with van der Waals surface area (Å²) in [4.78, 5) is 12.9. The monoisotopic (exact) mass is 380 g/mol. The largest absolute Gasteiger partial charge is 0.360 e. The van der Waals surface area contributed by atoms with Crippen molar-refractivity contribution in [2.45, 2.75) is 51.0 Å². The Morgan fingerprint density at radius 3 is 2.93 bits per heavy atom. The maximum absolute atomic E-state index is 14.2. The number of aromatic nitrogens is 3. The molecule has 5 rings (SSSR count). The van der Waals surface area contributed by atoms with E-state index in [1.54, 1.807) is 29.1 Å². The average molecular weight is 380 g/mol. The van der Waals surface area contributed by atoms with Crippen LogP contribution in [-0.4, -0.2) is 20.8 Å². The van der Waals surface area contributed by atoms with E-state index in [2.05, 4.69) is 15.6 Å². The van der Waals surface area contributed by atoms with Gasteiger partial charge in [-0.15, -0.1) is 0 Å². The molecule has 1 aromatic carbocycles. The third-order valence-electron chi connectivity index (χ3n) is 5.73. The van der Waals surface area contributed by atoms with Crippen molar-refractivity contribution in [3.8, 4) is 5.69 Å². The van der Waals surface area contributed by atoms with Crippen molar-refractivity contribution in [1.82, 2.24) is 20.3 Å². The van der Waals surface area contributed by atoms with Gasteiger partial charge in [0.1, 0.15) is 17.3 Å². The molecule has 2 aromatic heterocycles. The Bertz CT molecular complexity index is 1040. The molecule has 2 aliphatic carbocycles. The molecule has 3 aromatic rings. The molecule has 0 fully saturated rings. The molecular weight excluding hydrogens is 359 g/mol. The van der Waals surface area contributed by atoms with Gasteiger partial charge in [0.05, 0.1) is 12.2 Å². The first-order valence-electron chi connectivity index (χ1n) is 9.82. The summed E-state index contributed by atoms with van der Waals surface area (Å²) in [6, 6.07) is 6.44. The molecule has 1 amide bonds. The Labute approximate surface area is 161 Å². The minimum absolute atomic E-state index is 0.160. The van der Waals surface area contributed by atoms with E-state index < -0.39 is 0 Å². The van der Waals surface area contributed by atoms with Gasteiger partial charge in [0.15, 0.2) is 5.69 Å². The van der Waals surface area contributed by atoms with Crippen molar-refractivity contribution < 1.29 is 13.7 Å². The third kappa shape index (κ3) is 2.82. The number of rotatable bonds is 3. The normalized spacial score (nSPS) is 18.4. The van der Waals surface area contributed by atoms with Gasteiger partial charge in [-0.2, -0.15) is 5.10 Å². The fraction of sp³-hybridized carbons (Fsp3) is 0.381. The Balaban J connectivity index is 1.42. The SMILES string of the molecule is O=C(N[C@@H]1CCCc2c1cnn2-c1ccccc1F)c1noc2c1CCCC2. The topological polar surface area (TPSA) is 73.0 Å². The van der Waals surface area contributed by atoms with Gasteiger partial charge in [-0.1, -0.05) is 17.3 Å². The van der Waals surface area contributed by atoms with Crippen molar-refractivity contribution in [1.29, 1.82) is 0 Å². The summed E-state index contributed by atoms with van der Waals surface area (Å²) in [6.07, 6.45) is 8.07. The van der Waals surface area contributed by atoms with Crippen LogP contribution < -0.4 is 5.32 Å². The van der Waals surface area contributed by atoms with Gasteiger partial charge in [-0.25, -0.2) is 9.07 Å². The van der Waals surface area contributed by atoms with E-state index >= 15 is 0 Å². The third-order valence-corrected chi connectivity index (χ3v) is 5.73. The van der Waals surface area contributed by atoms with Crippen LogP contribution in [0.15, 0.2) is 35.0 Å². The van der Waals surface area contributed by atoms with Crippen molar-refractivity contribution in [2.75, 3.05) is 0 Å². The van der Waals surface area contributed by atoms with Crippen LogP contribution in [0.25, 0.3) is 5.69 Å². The minimum Gasteiger partial charge on any atom is -0.360 e. The Kier molecular flexibility index (Phi) is 4.22. The standard InChI is InChI=1S/C21H21FN4O2/c22-15-7-2-3-9-18(15)26-17-10-5-8-16(14(17)12-23-26)24-21(27)20-13-6-1-4-11-19(13)28-25-20/h2-3,7,9,12,16H,1,4-6,8,10-11H2,(H,24,27)/t16-/m1/s1. The zero-order chi connectivity index (χ0) is 19.1. The summed E-state index contributed by atoms with van der Waals surface area (Å²) in [5, 5.41) is 11.5. The number of aryl methyl sites for hydroxylation is 1. The number of halogens is 1. The minimum atomic E-state index is -0.311. The summed E-state index contributed by atoms with van der Waals surface area (Å²) in [7, 11) is 0. The number of fused-ring (bicyclic) bond motifs is 2. The molecule has 144 valence electrons. The average Bonchev–Trinajstić information content (AvgIpc) is 3.33. The molecule has 6 nitrogen and oxygen atoms in total. The van der Waals surface area contributed by atoms with Crippen LogP contribution in [-0.2, 0) is 19.3 Å². The van der Waals surface area contributed by atoms with Gasteiger partial charge in [0.25, 0.3) is 5.91 Å². The maximum Gasteiger partial charge on any atom is 0.274 e. The lowest BCUT2D eigenvalue weighted by atomic mass is 9.92. The zero-order valence-corrected chi connectivity index (χ0v) is 15.4. The Morgan fingerprint density at radius 2 is 2.04 bits per heavy atom. The number of hydrogen-bond acceptors (Lipinski definition) is 4. The number of amides is 1. The molecule has 2 aliphatic rings. The van der Waals surface area contributed by atoms with Crippen LogP contribution in [0.5, 0.6) is 0 Å². The van der Waals surface area contributed by atoms with E-state index in [9.17, 15) is 9.18 Å². The molecule has 0 unspecified atom stereocenters. The lowest BCUT2D eigenvalue weighted by Gasteiger charge is -2.24. The Morgan fingerprint density at radius 1 is 1.18 bits per heavy atom. The Hall–Kier alpha value is -2.96. The second kappa shape index (κ2) is 6.89. The van der Waals surface area contributed by atoms with E-state index in [4.69, 9.17) is 4.52 Å². The summed E-state index contributed by atoms with van der Waals surface area (Å²) in [5.41, 5.74) is 3.68. The molecular formula is C21H21FN4O2. The molecule has 1 atom stereocenters. The van der Waals surface area contributed by atoms with E-state index in [-0.39, 0.29) is 17.8 Å². The highest BCUT2D eigenvalue weighted by atomic mass is 19.1. The summed E-state index contributed by atoms with van der Waals surface area (Å²) >= 11 is 0. The maximum atomic E-state index is 14.2. The molecule has 0 aliphatic heterocycles. The van der Waals surface area contributed by atoms with E-state index in [1.807, 2.05) is 0 Å². The molecule has 7 heteroatoms. The van der Waals surface area contributed by atoms with Gasteiger partial charge in [0.2, 0.25) is 0 Å². The van der Waals surface area contributed by atoms with Crippen molar-refractivity contribution in [2.24, 2.45) is 0 Å². The fourth-order valence-corrected chi connectivity index (χ4v) is 4.33. The smallest absolute Gasteiger partial charge is 0.274 e. The van der Waals surface area contributed by atoms with Crippen LogP contribution in [0, 0.1) is 5.82 Å². The number of nitrogens with zero attached hydrogens (tertiary/aromatic N) is 3. The molecule has 0 saturated heterocycles. The van der Waals surface area contributed by atoms with Crippen molar-refractivity contribution in [3.63, 3.8) is 0 Å². The summed E-state index contributed by atoms with van der Waals surface area (Å²) in [6.45, 7) is 0. The number of carbonyl (C=O) groups is 1. The molecule has 0 spiro atoms. The number of nitrogens with one attached hydrogen (secondary N) is 1. The van der Waals surface area contributed by atoms with E-state index in [1.165, 1.54) is 6.07 Å². The van der Waals surface area contributed by atoms with Crippen LogP contribution in [0.4, 0.5) is 4.39 Å².